The van der Waals surface area contributed by atoms with Crippen LogP contribution in [0.4, 0.5) is 11.4 Å². The molecule has 6 heteroatoms. The van der Waals surface area contributed by atoms with Crippen molar-refractivity contribution in [2.75, 3.05) is 31.2 Å². The molecule has 1 amide bonds. The number of amides is 1. The molecule has 2 fully saturated rings. The van der Waals surface area contributed by atoms with Gasteiger partial charge in [-0.15, -0.1) is 0 Å². The second-order valence-corrected chi connectivity index (χ2v) is 8.50. The Morgan fingerprint density at radius 2 is 1.79 bits per heavy atom. The first-order valence-electron chi connectivity index (χ1n) is 9.79. The number of amidine groups is 1. The van der Waals surface area contributed by atoms with Crippen molar-refractivity contribution >= 4 is 40.3 Å². The van der Waals surface area contributed by atoms with Gasteiger partial charge in [-0.25, -0.2) is 4.99 Å². The number of carbonyl (C=O) groups excluding carboxylic acids is 1. The summed E-state index contributed by atoms with van der Waals surface area (Å²) in [5.74, 6) is -0.102. The first kappa shape index (κ1) is 19.7. The summed E-state index contributed by atoms with van der Waals surface area (Å²) in [5.41, 5.74) is 6.57. The summed E-state index contributed by atoms with van der Waals surface area (Å²) in [6, 6.07) is 12.5. The van der Waals surface area contributed by atoms with Crippen molar-refractivity contribution in [3.8, 4) is 0 Å². The van der Waals surface area contributed by atoms with E-state index in [2.05, 4.69) is 46.4 Å². The fraction of sp³-hybridized carbons (Fsp3) is 0.304. The van der Waals surface area contributed by atoms with Crippen LogP contribution in [0.2, 0.25) is 0 Å². The van der Waals surface area contributed by atoms with Gasteiger partial charge < -0.3 is 15.0 Å². The zero-order chi connectivity index (χ0) is 20.4. The van der Waals surface area contributed by atoms with Crippen LogP contribution in [0.1, 0.15) is 22.3 Å². The molecule has 2 saturated heterocycles. The highest BCUT2D eigenvalue weighted by atomic mass is 32.2. The van der Waals surface area contributed by atoms with Crippen LogP contribution >= 0.6 is 11.8 Å². The van der Waals surface area contributed by atoms with E-state index in [-0.39, 0.29) is 5.91 Å². The van der Waals surface area contributed by atoms with Crippen LogP contribution in [0.15, 0.2) is 46.3 Å². The Morgan fingerprint density at radius 1 is 1.07 bits per heavy atom. The molecule has 2 aliphatic heterocycles. The lowest BCUT2D eigenvalue weighted by Gasteiger charge is -2.29. The molecule has 2 aromatic rings. The Kier molecular flexibility index (Phi) is 5.74. The first-order chi connectivity index (χ1) is 14.0. The standard InChI is InChI=1S/C23H25N3O2S/c1-15-10-16(2)12-19(11-15)24-23-25-22(27)21(29-23)14-18-4-5-20(13-17(18)3)26-6-8-28-9-7-26/h4-5,10-14H,6-9H2,1-3H3,(H,24,25,27)/b21-14-. The van der Waals surface area contributed by atoms with Gasteiger partial charge in [-0.2, -0.15) is 0 Å². The van der Waals surface area contributed by atoms with Crippen LogP contribution in [0, 0.1) is 20.8 Å². The summed E-state index contributed by atoms with van der Waals surface area (Å²) in [7, 11) is 0. The summed E-state index contributed by atoms with van der Waals surface area (Å²) >= 11 is 1.38. The quantitative estimate of drug-likeness (QED) is 0.769. The van der Waals surface area contributed by atoms with E-state index in [4.69, 9.17) is 4.74 Å². The van der Waals surface area contributed by atoms with Gasteiger partial charge in [-0.05, 0) is 85.1 Å². The second-order valence-electron chi connectivity index (χ2n) is 7.47. The lowest BCUT2D eigenvalue weighted by atomic mass is 10.1. The molecule has 0 aliphatic carbocycles. The number of aryl methyl sites for hydroxylation is 3. The number of benzene rings is 2. The Morgan fingerprint density at radius 3 is 2.48 bits per heavy atom. The van der Waals surface area contributed by atoms with Crippen molar-refractivity contribution in [2.45, 2.75) is 20.8 Å². The first-order valence-corrected chi connectivity index (χ1v) is 10.6. The predicted octanol–water partition coefficient (Wildman–Crippen LogP) is 4.34. The van der Waals surface area contributed by atoms with Crippen molar-refractivity contribution in [3.05, 3.63) is 63.6 Å². The van der Waals surface area contributed by atoms with Gasteiger partial charge in [0.2, 0.25) is 0 Å². The van der Waals surface area contributed by atoms with Gasteiger partial charge in [0, 0.05) is 18.8 Å². The van der Waals surface area contributed by atoms with Gasteiger partial charge >= 0.3 is 0 Å². The van der Waals surface area contributed by atoms with Gasteiger partial charge in [0.05, 0.1) is 23.8 Å². The van der Waals surface area contributed by atoms with E-state index in [9.17, 15) is 4.79 Å². The molecule has 0 bridgehead atoms. The van der Waals surface area contributed by atoms with Crippen molar-refractivity contribution in [1.82, 2.24) is 5.32 Å². The maximum absolute atomic E-state index is 12.4. The zero-order valence-electron chi connectivity index (χ0n) is 17.0. The van der Waals surface area contributed by atoms with Gasteiger partial charge in [-0.1, -0.05) is 12.1 Å². The number of hydrogen-bond acceptors (Lipinski definition) is 5. The average Bonchev–Trinajstić information content (AvgIpc) is 3.02. The number of thioether (sulfide) groups is 1. The van der Waals surface area contributed by atoms with Crippen LogP contribution in [0.5, 0.6) is 0 Å². The minimum atomic E-state index is -0.102. The van der Waals surface area contributed by atoms with Crippen LogP contribution < -0.4 is 10.2 Å². The molecule has 2 aromatic carbocycles. The largest absolute Gasteiger partial charge is 0.378 e. The van der Waals surface area contributed by atoms with E-state index in [1.807, 2.05) is 32.1 Å². The Balaban J connectivity index is 1.53. The number of rotatable bonds is 3. The molecule has 29 heavy (non-hydrogen) atoms. The molecule has 0 aromatic heterocycles. The van der Waals surface area contributed by atoms with Gasteiger partial charge in [0.1, 0.15) is 0 Å². The lowest BCUT2D eigenvalue weighted by molar-refractivity contribution is -0.115. The minimum Gasteiger partial charge on any atom is -0.378 e. The Hall–Kier alpha value is -2.57. The summed E-state index contributed by atoms with van der Waals surface area (Å²) in [5, 5.41) is 3.50. The third-order valence-electron chi connectivity index (χ3n) is 5.00. The highest BCUT2D eigenvalue weighted by Gasteiger charge is 2.24. The molecular formula is C23H25N3O2S. The molecule has 0 radical (unpaired) electrons. The van der Waals surface area contributed by atoms with Crippen molar-refractivity contribution in [1.29, 1.82) is 0 Å². The number of carbonyl (C=O) groups is 1. The summed E-state index contributed by atoms with van der Waals surface area (Å²) in [6.07, 6.45) is 1.95. The molecule has 4 rings (SSSR count). The van der Waals surface area contributed by atoms with Crippen molar-refractivity contribution < 1.29 is 9.53 Å². The average molecular weight is 408 g/mol. The van der Waals surface area contributed by atoms with E-state index in [1.165, 1.54) is 17.4 Å². The lowest BCUT2D eigenvalue weighted by Crippen LogP contribution is -2.36. The van der Waals surface area contributed by atoms with Crippen LogP contribution in [0.3, 0.4) is 0 Å². The van der Waals surface area contributed by atoms with E-state index in [0.29, 0.717) is 10.1 Å². The van der Waals surface area contributed by atoms with E-state index in [0.717, 1.165) is 54.2 Å². The molecular weight excluding hydrogens is 382 g/mol. The summed E-state index contributed by atoms with van der Waals surface area (Å²) < 4.78 is 5.43. The third kappa shape index (κ3) is 4.71. The SMILES string of the molecule is Cc1cc(C)cc(N=C2NC(=O)/C(=C/c3ccc(N4CCOCC4)cc3C)S2)c1. The van der Waals surface area contributed by atoms with E-state index in [1.54, 1.807) is 0 Å². The van der Waals surface area contributed by atoms with E-state index < -0.39 is 0 Å². The normalized spacial score (nSPS) is 19.8. The molecule has 0 saturated carbocycles. The molecule has 1 N–H and O–H groups in total. The predicted molar refractivity (Wildman–Crippen MR) is 121 cm³/mol. The molecule has 2 aliphatic rings. The van der Waals surface area contributed by atoms with Gasteiger partial charge in [0.25, 0.3) is 5.91 Å². The second kappa shape index (κ2) is 8.43. The topological polar surface area (TPSA) is 53.9 Å². The molecule has 0 atom stereocenters. The van der Waals surface area contributed by atoms with Gasteiger partial charge in [0.15, 0.2) is 5.17 Å². The van der Waals surface area contributed by atoms with Crippen LogP contribution in [-0.2, 0) is 9.53 Å². The summed E-state index contributed by atoms with van der Waals surface area (Å²) in [6.45, 7) is 9.54. The van der Waals surface area contributed by atoms with E-state index >= 15 is 0 Å². The molecule has 2 heterocycles. The maximum Gasteiger partial charge on any atom is 0.264 e. The molecule has 0 unspecified atom stereocenters. The highest BCUT2D eigenvalue weighted by molar-refractivity contribution is 8.18. The summed E-state index contributed by atoms with van der Waals surface area (Å²) in [4.78, 5) is 20.0. The number of aliphatic imine (C=N–C) groups is 1. The third-order valence-corrected chi connectivity index (χ3v) is 5.91. The molecule has 0 spiro atoms. The zero-order valence-corrected chi connectivity index (χ0v) is 17.8. The van der Waals surface area contributed by atoms with Crippen LogP contribution in [-0.4, -0.2) is 37.4 Å². The fourth-order valence-electron chi connectivity index (χ4n) is 3.59. The monoisotopic (exact) mass is 407 g/mol. The van der Waals surface area contributed by atoms with Gasteiger partial charge in [-0.3, -0.25) is 4.79 Å². The Bertz CT molecular complexity index is 987. The fourth-order valence-corrected chi connectivity index (χ4v) is 4.43. The molecule has 5 nitrogen and oxygen atoms in total. The van der Waals surface area contributed by atoms with Crippen molar-refractivity contribution in [2.24, 2.45) is 4.99 Å². The number of ether oxygens (including phenoxy) is 1. The number of anilines is 1. The minimum absolute atomic E-state index is 0.102. The maximum atomic E-state index is 12.4. The number of nitrogens with zero attached hydrogens (tertiary/aromatic N) is 2. The van der Waals surface area contributed by atoms with Crippen molar-refractivity contribution in [3.63, 3.8) is 0 Å². The highest BCUT2D eigenvalue weighted by Crippen LogP contribution is 2.30. The smallest absolute Gasteiger partial charge is 0.264 e. The Labute approximate surface area is 175 Å². The number of hydrogen-bond donors (Lipinski definition) is 1. The molecule has 150 valence electrons. The van der Waals surface area contributed by atoms with Crippen LogP contribution in [0.25, 0.3) is 6.08 Å². The number of nitrogens with one attached hydrogen (secondary N) is 1. The number of morpholine rings is 1.